The van der Waals surface area contributed by atoms with E-state index in [-0.39, 0.29) is 17.0 Å². The van der Waals surface area contributed by atoms with Gasteiger partial charge in [0.05, 0.1) is 11.4 Å². The summed E-state index contributed by atoms with van der Waals surface area (Å²) >= 11 is 3.46. The number of hydrogen-bond donors (Lipinski definition) is 0. The molecule has 0 saturated carbocycles. The summed E-state index contributed by atoms with van der Waals surface area (Å²) in [7, 11) is -0.722. The first kappa shape index (κ1) is 18.0. The number of sulfonamides is 1. The number of fused-ring (bicyclic) bond motifs is 1. The molecule has 3 rings (SSSR count). The van der Waals surface area contributed by atoms with Crippen LogP contribution in [0.3, 0.4) is 0 Å². The van der Waals surface area contributed by atoms with Crippen molar-refractivity contribution in [1.82, 2.24) is 8.87 Å². The number of halogens is 1. The van der Waals surface area contributed by atoms with Crippen LogP contribution in [0.15, 0.2) is 44.6 Å². The zero-order valence-corrected chi connectivity index (χ0v) is 16.1. The summed E-state index contributed by atoms with van der Waals surface area (Å²) in [6.07, 6.45) is 1.35. The maximum absolute atomic E-state index is 12.3. The Kier molecular flexibility index (Phi) is 4.90. The smallest absolute Gasteiger partial charge is 0.250 e. The molecule has 0 atom stereocenters. The van der Waals surface area contributed by atoms with Crippen LogP contribution in [0.25, 0.3) is 0 Å². The molecule has 25 heavy (non-hydrogen) atoms. The van der Waals surface area contributed by atoms with E-state index in [1.807, 2.05) is 0 Å². The van der Waals surface area contributed by atoms with Crippen LogP contribution in [0.2, 0.25) is 0 Å². The first-order valence-corrected chi connectivity index (χ1v) is 9.73. The summed E-state index contributed by atoms with van der Waals surface area (Å²) in [4.78, 5) is 12.2. The number of ether oxygens (including phenoxy) is 2. The molecule has 1 aliphatic rings. The van der Waals surface area contributed by atoms with Gasteiger partial charge in [-0.25, -0.2) is 12.7 Å². The monoisotopic (exact) mass is 428 g/mol. The SMILES string of the molecule is CN(C)S(=O)(=O)c1ccc(=O)n(Cc2cc3c(cc2Br)OCCO3)c1. The Hall–Kier alpha value is -1.84. The molecule has 2 aromatic rings. The van der Waals surface area contributed by atoms with E-state index in [2.05, 4.69) is 15.9 Å². The second kappa shape index (κ2) is 6.81. The fourth-order valence-corrected chi connectivity index (χ4v) is 3.78. The van der Waals surface area contributed by atoms with Crippen molar-refractivity contribution < 1.29 is 17.9 Å². The third-order valence-corrected chi connectivity index (χ3v) is 6.32. The quantitative estimate of drug-likeness (QED) is 0.739. The van der Waals surface area contributed by atoms with Crippen LogP contribution in [0.4, 0.5) is 0 Å². The average Bonchev–Trinajstić information content (AvgIpc) is 2.57. The van der Waals surface area contributed by atoms with Gasteiger partial charge in [0.1, 0.15) is 13.2 Å². The molecule has 134 valence electrons. The van der Waals surface area contributed by atoms with E-state index in [0.29, 0.717) is 24.7 Å². The molecule has 1 aromatic heterocycles. The molecule has 0 spiro atoms. The minimum atomic E-state index is -3.62. The van der Waals surface area contributed by atoms with Gasteiger partial charge < -0.3 is 14.0 Å². The number of nitrogens with zero attached hydrogens (tertiary/aromatic N) is 2. The van der Waals surface area contributed by atoms with Crippen LogP contribution < -0.4 is 15.0 Å². The van der Waals surface area contributed by atoms with Gasteiger partial charge in [0.25, 0.3) is 5.56 Å². The standard InChI is InChI=1S/C16H17BrN2O5S/c1-18(2)25(21,22)12-3-4-16(20)19(10-12)9-11-7-14-15(8-13(11)17)24-6-5-23-14/h3-4,7-8,10H,5-6,9H2,1-2H3. The minimum Gasteiger partial charge on any atom is -0.486 e. The second-order valence-corrected chi connectivity index (χ2v) is 8.71. The fraction of sp³-hybridized carbons (Fsp3) is 0.312. The molecule has 9 heteroatoms. The summed E-state index contributed by atoms with van der Waals surface area (Å²) in [5, 5.41) is 0. The lowest BCUT2D eigenvalue weighted by Crippen LogP contribution is -2.26. The van der Waals surface area contributed by atoms with Crippen molar-refractivity contribution in [2.24, 2.45) is 0 Å². The van der Waals surface area contributed by atoms with Gasteiger partial charge in [-0.3, -0.25) is 4.79 Å². The number of hydrogen-bond acceptors (Lipinski definition) is 5. The van der Waals surface area contributed by atoms with Crippen molar-refractivity contribution in [3.05, 3.63) is 50.9 Å². The Morgan fingerprint density at radius 1 is 1.16 bits per heavy atom. The van der Waals surface area contributed by atoms with E-state index >= 15 is 0 Å². The molecule has 0 unspecified atom stereocenters. The highest BCUT2D eigenvalue weighted by Gasteiger charge is 2.19. The molecule has 0 aliphatic carbocycles. The molecule has 0 radical (unpaired) electrons. The van der Waals surface area contributed by atoms with Crippen molar-refractivity contribution in [3.63, 3.8) is 0 Å². The summed E-state index contributed by atoms with van der Waals surface area (Å²) in [5.41, 5.74) is 0.491. The lowest BCUT2D eigenvalue weighted by Gasteiger charge is -2.20. The Bertz CT molecular complexity index is 969. The molecule has 0 saturated heterocycles. The maximum atomic E-state index is 12.3. The van der Waals surface area contributed by atoms with E-state index in [1.54, 1.807) is 12.1 Å². The number of pyridine rings is 1. The van der Waals surface area contributed by atoms with Crippen molar-refractivity contribution in [2.75, 3.05) is 27.3 Å². The Morgan fingerprint density at radius 3 is 2.44 bits per heavy atom. The van der Waals surface area contributed by atoms with Gasteiger partial charge in [0.2, 0.25) is 10.0 Å². The predicted octanol–water partition coefficient (Wildman–Crippen LogP) is 1.68. The normalized spacial score (nSPS) is 13.9. The molecule has 7 nitrogen and oxygen atoms in total. The van der Waals surface area contributed by atoms with Crippen molar-refractivity contribution in [1.29, 1.82) is 0 Å². The summed E-state index contributed by atoms with van der Waals surface area (Å²) < 4.78 is 38.8. The first-order valence-electron chi connectivity index (χ1n) is 7.50. The zero-order valence-electron chi connectivity index (χ0n) is 13.7. The summed E-state index contributed by atoms with van der Waals surface area (Å²) in [6, 6.07) is 6.14. The van der Waals surface area contributed by atoms with E-state index in [1.165, 1.54) is 37.0 Å². The zero-order chi connectivity index (χ0) is 18.2. The van der Waals surface area contributed by atoms with Crippen LogP contribution in [0.5, 0.6) is 11.5 Å². The molecule has 0 fully saturated rings. The second-order valence-electron chi connectivity index (χ2n) is 5.71. The van der Waals surface area contributed by atoms with E-state index in [9.17, 15) is 13.2 Å². The highest BCUT2D eigenvalue weighted by atomic mass is 79.9. The molecule has 2 heterocycles. The molecule has 1 aromatic carbocycles. The minimum absolute atomic E-state index is 0.0609. The fourth-order valence-electron chi connectivity index (χ4n) is 2.41. The van der Waals surface area contributed by atoms with Crippen LogP contribution in [0.1, 0.15) is 5.56 Å². The van der Waals surface area contributed by atoms with Crippen molar-refractivity contribution in [3.8, 4) is 11.5 Å². The number of benzene rings is 1. The predicted molar refractivity (Wildman–Crippen MR) is 95.8 cm³/mol. The average molecular weight is 429 g/mol. The van der Waals surface area contributed by atoms with Crippen LogP contribution >= 0.6 is 15.9 Å². The van der Waals surface area contributed by atoms with Gasteiger partial charge in [0, 0.05) is 30.8 Å². The summed E-state index contributed by atoms with van der Waals surface area (Å²) in [5.74, 6) is 1.24. The Labute approximate surface area is 154 Å². The topological polar surface area (TPSA) is 77.8 Å². The highest BCUT2D eigenvalue weighted by molar-refractivity contribution is 9.10. The van der Waals surface area contributed by atoms with Crippen LogP contribution in [-0.4, -0.2) is 44.6 Å². The molecular formula is C16H17BrN2O5S. The van der Waals surface area contributed by atoms with Gasteiger partial charge in [0.15, 0.2) is 11.5 Å². The van der Waals surface area contributed by atoms with Crippen molar-refractivity contribution in [2.45, 2.75) is 11.4 Å². The third-order valence-electron chi connectivity index (χ3n) is 3.79. The molecular weight excluding hydrogens is 412 g/mol. The molecule has 0 bridgehead atoms. The van der Waals surface area contributed by atoms with Gasteiger partial charge in [-0.15, -0.1) is 0 Å². The van der Waals surface area contributed by atoms with Crippen LogP contribution in [-0.2, 0) is 16.6 Å². The lowest BCUT2D eigenvalue weighted by molar-refractivity contribution is 0.171. The van der Waals surface area contributed by atoms with Crippen LogP contribution in [0, 0.1) is 0 Å². The molecule has 0 amide bonds. The van der Waals surface area contributed by atoms with Gasteiger partial charge in [-0.05, 0) is 23.8 Å². The number of aromatic nitrogens is 1. The highest BCUT2D eigenvalue weighted by Crippen LogP contribution is 2.35. The van der Waals surface area contributed by atoms with E-state index < -0.39 is 10.0 Å². The Balaban J connectivity index is 2.00. The van der Waals surface area contributed by atoms with E-state index in [0.717, 1.165) is 14.3 Å². The van der Waals surface area contributed by atoms with Gasteiger partial charge >= 0.3 is 0 Å². The van der Waals surface area contributed by atoms with E-state index in [4.69, 9.17) is 9.47 Å². The van der Waals surface area contributed by atoms with Gasteiger partial charge in [-0.2, -0.15) is 0 Å². The summed E-state index contributed by atoms with van der Waals surface area (Å²) in [6.45, 7) is 1.15. The maximum Gasteiger partial charge on any atom is 0.250 e. The largest absolute Gasteiger partial charge is 0.486 e. The molecule has 1 aliphatic heterocycles. The Morgan fingerprint density at radius 2 is 1.80 bits per heavy atom. The first-order chi connectivity index (χ1) is 11.8. The molecule has 0 N–H and O–H groups in total. The lowest BCUT2D eigenvalue weighted by atomic mass is 10.2. The third kappa shape index (κ3) is 3.58. The van der Waals surface area contributed by atoms with Crippen molar-refractivity contribution >= 4 is 26.0 Å². The van der Waals surface area contributed by atoms with Gasteiger partial charge in [-0.1, -0.05) is 15.9 Å². The number of rotatable bonds is 4.